The third kappa shape index (κ3) is 6.74. The molecule has 4 atom stereocenters. The van der Waals surface area contributed by atoms with Crippen molar-refractivity contribution in [2.24, 2.45) is 0 Å². The first-order valence-corrected chi connectivity index (χ1v) is 12.0. The van der Waals surface area contributed by atoms with E-state index in [9.17, 15) is 4.57 Å². The van der Waals surface area contributed by atoms with Crippen LogP contribution >= 0.6 is 42.6 Å². The van der Waals surface area contributed by atoms with E-state index in [1.165, 1.54) is 6.33 Å². The lowest BCUT2D eigenvalue weighted by Gasteiger charge is -2.14. The fourth-order valence-corrected chi connectivity index (χ4v) is 3.86. The number of rotatable bonds is 6. The molecule has 17 heteroatoms. The lowest BCUT2D eigenvalue weighted by Crippen LogP contribution is -2.34. The van der Waals surface area contributed by atoms with Crippen LogP contribution in [0.1, 0.15) is 5.56 Å². The highest BCUT2D eigenvalue weighted by molar-refractivity contribution is 7.46. The fraction of sp³-hybridized carbons (Fsp3) is 0.353. The summed E-state index contributed by atoms with van der Waals surface area (Å²) >= 11 is 18.3. The highest BCUT2D eigenvalue weighted by Crippen LogP contribution is 2.37. The molecule has 4 rings (SSSR count). The predicted octanol–water partition coefficient (Wildman–Crippen LogP) is 1.46. The summed E-state index contributed by atoms with van der Waals surface area (Å²) in [4.78, 5) is 31.9. The van der Waals surface area contributed by atoms with E-state index < -0.39 is 39.0 Å². The molecule has 3 heterocycles. The Hall–Kier alpha value is -1.61. The molecule has 3 aromatic rings. The number of ether oxygens (including phenoxy) is 1. The Labute approximate surface area is 206 Å². The van der Waals surface area contributed by atoms with Gasteiger partial charge in [0.1, 0.15) is 30.2 Å². The van der Waals surface area contributed by atoms with Crippen LogP contribution in [0.2, 0.25) is 15.1 Å². The van der Waals surface area contributed by atoms with E-state index in [4.69, 9.17) is 59.9 Å². The van der Waals surface area contributed by atoms with Gasteiger partial charge in [0.25, 0.3) is 0 Å². The number of fused-ring (bicyclic) bond motifs is 1. The Kier molecular flexibility index (Phi) is 9.06. The van der Waals surface area contributed by atoms with Crippen LogP contribution in [-0.4, -0.2) is 76.3 Å². The maximum absolute atomic E-state index is 10.3. The minimum absolute atomic E-state index is 0.392. The van der Waals surface area contributed by atoms with Crippen molar-refractivity contribution in [3.8, 4) is 0 Å². The molecule has 0 amide bonds. The number of imidazole rings is 1. The lowest BCUT2D eigenvalue weighted by atomic mass is 10.1. The van der Waals surface area contributed by atoms with Crippen LogP contribution in [-0.2, 0) is 20.4 Å². The Morgan fingerprint density at radius 3 is 2.44 bits per heavy atom. The average Bonchev–Trinajstić information content (AvgIpc) is 3.36. The molecule has 0 radical (unpaired) electrons. The van der Waals surface area contributed by atoms with Crippen molar-refractivity contribution in [1.82, 2.24) is 19.9 Å². The summed E-state index contributed by atoms with van der Waals surface area (Å²) in [6.07, 6.45) is -2.67. The van der Waals surface area contributed by atoms with Crippen molar-refractivity contribution in [1.29, 1.82) is 0 Å². The molecular weight excluding hydrogens is 540 g/mol. The van der Waals surface area contributed by atoms with E-state index in [1.807, 2.05) is 0 Å². The molecule has 13 nitrogen and oxygen atoms in total. The van der Waals surface area contributed by atoms with Crippen molar-refractivity contribution < 1.29 is 38.9 Å². The zero-order valence-corrected chi connectivity index (χ0v) is 20.1. The molecule has 1 aliphatic heterocycles. The molecule has 1 aliphatic rings. The molecular formula is C17H19Cl3N5O8P. The van der Waals surface area contributed by atoms with Crippen LogP contribution in [0.25, 0.3) is 11.2 Å². The molecule has 0 aliphatic carbocycles. The Morgan fingerprint density at radius 2 is 1.79 bits per heavy atom. The van der Waals surface area contributed by atoms with Gasteiger partial charge in [-0.25, -0.2) is 19.5 Å². The number of H-pyrrole nitrogens is 1. The topological polar surface area (TPSA) is 203 Å². The third-order valence-electron chi connectivity index (χ3n) is 4.54. The first-order valence-electron chi connectivity index (χ1n) is 9.38. The van der Waals surface area contributed by atoms with Crippen molar-refractivity contribution in [3.63, 3.8) is 0 Å². The van der Waals surface area contributed by atoms with Gasteiger partial charge in [0.15, 0.2) is 17.8 Å². The molecule has 1 aromatic carbocycles. The summed E-state index contributed by atoms with van der Waals surface area (Å²) in [6.45, 7) is -0.219. The van der Waals surface area contributed by atoms with Crippen LogP contribution < -0.4 is 5.32 Å². The Bertz CT molecular complexity index is 1180. The van der Waals surface area contributed by atoms with Gasteiger partial charge in [0.05, 0.1) is 23.0 Å². The van der Waals surface area contributed by atoms with Gasteiger partial charge in [-0.3, -0.25) is 4.52 Å². The smallest absolute Gasteiger partial charge is 0.387 e. The molecule has 0 saturated carbocycles. The number of benzene rings is 1. The van der Waals surface area contributed by atoms with Crippen molar-refractivity contribution in [2.75, 3.05) is 11.9 Å². The summed E-state index contributed by atoms with van der Waals surface area (Å²) in [7, 11) is -4.64. The molecule has 0 bridgehead atoms. The number of nitrogens with zero attached hydrogens (tertiary/aromatic N) is 3. The van der Waals surface area contributed by atoms with Gasteiger partial charge < -0.3 is 40.1 Å². The number of hydrogen-bond donors (Lipinski definition) is 7. The molecule has 34 heavy (non-hydrogen) atoms. The van der Waals surface area contributed by atoms with Gasteiger partial charge in [-0.05, 0) is 12.1 Å². The molecule has 1 fully saturated rings. The van der Waals surface area contributed by atoms with Gasteiger partial charge in [0, 0.05) is 17.1 Å². The van der Waals surface area contributed by atoms with Gasteiger partial charge in [0.2, 0.25) is 0 Å². The van der Waals surface area contributed by atoms with E-state index in [0.717, 1.165) is 5.52 Å². The number of aromatic amines is 1. The normalized spacial score (nSPS) is 22.5. The Balaban J connectivity index is 0.000000204. The number of aliphatic hydroxyl groups excluding tert-OH is 3. The number of anilines is 1. The first-order chi connectivity index (χ1) is 16.0. The highest BCUT2D eigenvalue weighted by atomic mass is 35.5. The summed E-state index contributed by atoms with van der Waals surface area (Å²) in [6, 6.07) is 3.37. The second-order valence-corrected chi connectivity index (χ2v) is 9.26. The maximum Gasteiger partial charge on any atom is 0.469 e. The number of halogens is 3. The van der Waals surface area contributed by atoms with E-state index in [1.54, 1.807) is 18.5 Å². The van der Waals surface area contributed by atoms with Gasteiger partial charge >= 0.3 is 7.82 Å². The number of nitrogens with one attached hydrogen (secondary N) is 2. The van der Waals surface area contributed by atoms with Crippen LogP contribution in [0.5, 0.6) is 0 Å². The maximum atomic E-state index is 10.3. The monoisotopic (exact) mass is 557 g/mol. The average molecular weight is 559 g/mol. The summed E-state index contributed by atoms with van der Waals surface area (Å²) in [5.41, 5.74) is 2.03. The quantitative estimate of drug-likeness (QED) is 0.170. The van der Waals surface area contributed by atoms with E-state index in [-0.39, 0.29) is 0 Å². The molecule has 186 valence electrons. The second-order valence-electron chi connectivity index (χ2n) is 6.83. The second kappa shape index (κ2) is 11.4. The largest absolute Gasteiger partial charge is 0.469 e. The standard InChI is InChI=1S/C12H8Cl3N5.C5H11O8P/c13-7-1-2-8(14)9(15)6(7)3-16-11-10-12(18-4-17-10)20-5-19-11;6-3-2(1-12-14(9,10)11)13-5(8)4(3)7/h1-2,4-5H,3H2,(H2,16,17,18,19,20);2-8H,1H2,(H2,9,10,11)/t;2-,3-,4-,5?/m.1/s1. The molecule has 1 saturated heterocycles. The highest BCUT2D eigenvalue weighted by Gasteiger charge is 2.42. The van der Waals surface area contributed by atoms with E-state index in [0.29, 0.717) is 38.6 Å². The van der Waals surface area contributed by atoms with E-state index in [2.05, 4.69) is 34.5 Å². The minimum Gasteiger partial charge on any atom is -0.387 e. The first kappa shape index (κ1) is 27.0. The zero-order chi connectivity index (χ0) is 25.0. The van der Waals surface area contributed by atoms with Crippen LogP contribution in [0, 0.1) is 0 Å². The van der Waals surface area contributed by atoms with Crippen LogP contribution in [0.4, 0.5) is 5.82 Å². The van der Waals surface area contributed by atoms with Crippen LogP contribution in [0.15, 0.2) is 24.8 Å². The van der Waals surface area contributed by atoms with Crippen molar-refractivity contribution >= 4 is 59.6 Å². The van der Waals surface area contributed by atoms with Crippen LogP contribution in [0.3, 0.4) is 0 Å². The third-order valence-corrected chi connectivity index (χ3v) is 6.22. The fourth-order valence-electron chi connectivity index (χ4n) is 2.84. The summed E-state index contributed by atoms with van der Waals surface area (Å²) in [5.74, 6) is 0.625. The molecule has 2 aromatic heterocycles. The zero-order valence-electron chi connectivity index (χ0n) is 16.9. The van der Waals surface area contributed by atoms with Gasteiger partial charge in [-0.15, -0.1) is 0 Å². The SMILES string of the molecule is Clc1ccc(Cl)c(CNc2ncnc3nc[nH]c23)c1Cl.O=P(O)(O)OC[C@H]1OC(O)[C@H](O)[C@@H]1O. The van der Waals surface area contributed by atoms with Crippen molar-refractivity contribution in [2.45, 2.75) is 31.1 Å². The minimum atomic E-state index is -4.64. The number of phosphoric acid groups is 1. The van der Waals surface area contributed by atoms with Gasteiger partial charge in [-0.2, -0.15) is 0 Å². The number of aromatic nitrogens is 4. The molecule has 0 spiro atoms. The number of hydrogen-bond acceptors (Lipinski definition) is 10. The van der Waals surface area contributed by atoms with Crippen molar-refractivity contribution in [3.05, 3.63) is 45.4 Å². The van der Waals surface area contributed by atoms with E-state index >= 15 is 0 Å². The number of phosphoric ester groups is 1. The number of aliphatic hydroxyl groups is 3. The summed E-state index contributed by atoms with van der Waals surface area (Å²) in [5, 5.41) is 31.6. The predicted molar refractivity (Wildman–Crippen MR) is 121 cm³/mol. The molecule has 7 N–H and O–H groups in total. The lowest BCUT2D eigenvalue weighted by molar-refractivity contribution is -0.132. The Morgan fingerprint density at radius 1 is 1.09 bits per heavy atom. The molecule has 1 unspecified atom stereocenters. The summed E-state index contributed by atoms with van der Waals surface area (Å²) < 4.78 is 18.9. The van der Waals surface area contributed by atoms with Gasteiger partial charge in [-0.1, -0.05) is 34.8 Å².